The third-order valence-corrected chi connectivity index (χ3v) is 5.57. The van der Waals surface area contributed by atoms with Gasteiger partial charge < -0.3 is 11.1 Å². The van der Waals surface area contributed by atoms with E-state index < -0.39 is 15.9 Å². The van der Waals surface area contributed by atoms with Crippen LogP contribution in [0.1, 0.15) is 21.5 Å². The van der Waals surface area contributed by atoms with E-state index in [1.54, 1.807) is 30.3 Å². The van der Waals surface area contributed by atoms with E-state index in [2.05, 4.69) is 5.32 Å². The highest BCUT2D eigenvalue weighted by Crippen LogP contribution is 2.20. The highest BCUT2D eigenvalue weighted by molar-refractivity contribution is 7.89. The first-order valence-electron chi connectivity index (χ1n) is 7.38. The van der Waals surface area contributed by atoms with Crippen molar-refractivity contribution in [2.75, 3.05) is 19.4 Å². The lowest BCUT2D eigenvalue weighted by atomic mass is 10.1. The molecule has 0 radical (unpaired) electrons. The largest absolute Gasteiger partial charge is 0.381 e. The number of primary amides is 1. The molecule has 3 N–H and O–H groups in total. The Morgan fingerprint density at radius 1 is 1.17 bits per heavy atom. The van der Waals surface area contributed by atoms with Crippen LogP contribution >= 0.6 is 0 Å². The summed E-state index contributed by atoms with van der Waals surface area (Å²) in [5, 5.41) is 3.22. The minimum absolute atomic E-state index is 0.245. The summed E-state index contributed by atoms with van der Waals surface area (Å²) in [7, 11) is -0.466. The Bertz CT molecular complexity index is 861. The second-order valence-electron chi connectivity index (χ2n) is 5.63. The maximum Gasteiger partial charge on any atom is 0.249 e. The van der Waals surface area contributed by atoms with Gasteiger partial charge in [0.1, 0.15) is 0 Å². The van der Waals surface area contributed by atoms with Gasteiger partial charge in [0, 0.05) is 31.9 Å². The number of carbonyl (C=O) groups excluding carboxylic acids is 1. The molecule has 0 heterocycles. The molecule has 0 spiro atoms. The van der Waals surface area contributed by atoms with Crippen LogP contribution in [-0.2, 0) is 16.6 Å². The number of anilines is 1. The van der Waals surface area contributed by atoms with Crippen molar-refractivity contribution in [3.8, 4) is 0 Å². The second-order valence-corrected chi connectivity index (χ2v) is 7.78. The van der Waals surface area contributed by atoms with E-state index in [4.69, 9.17) is 5.73 Å². The summed E-state index contributed by atoms with van der Waals surface area (Å²) in [6, 6.07) is 12.0. The van der Waals surface area contributed by atoms with Gasteiger partial charge in [-0.25, -0.2) is 12.7 Å². The van der Waals surface area contributed by atoms with Crippen LogP contribution in [-0.4, -0.2) is 32.7 Å². The zero-order valence-electron chi connectivity index (χ0n) is 13.9. The molecular formula is C17H21N3O3S. The lowest BCUT2D eigenvalue weighted by molar-refractivity contribution is 0.0999. The standard InChI is InChI=1S/C17H21N3O3S/c1-12-15(17(18)21)8-5-9-16(12)19-11-13-6-4-7-14(10-13)24(22,23)20(2)3/h4-10,19H,11H2,1-3H3,(H2,18,21). The van der Waals surface area contributed by atoms with E-state index >= 15 is 0 Å². The maximum absolute atomic E-state index is 12.2. The first kappa shape index (κ1) is 18.0. The number of benzene rings is 2. The van der Waals surface area contributed by atoms with Crippen LogP contribution in [0.4, 0.5) is 5.69 Å². The van der Waals surface area contributed by atoms with Crippen molar-refractivity contribution in [3.05, 3.63) is 59.2 Å². The molecule has 0 saturated carbocycles. The summed E-state index contributed by atoms with van der Waals surface area (Å²) in [4.78, 5) is 11.6. The summed E-state index contributed by atoms with van der Waals surface area (Å²) in [5.41, 5.74) is 8.18. The molecule has 0 bridgehead atoms. The van der Waals surface area contributed by atoms with Crippen LogP contribution in [0.5, 0.6) is 0 Å². The third-order valence-electron chi connectivity index (χ3n) is 3.76. The minimum atomic E-state index is -3.46. The van der Waals surface area contributed by atoms with Crippen LogP contribution < -0.4 is 11.1 Å². The fourth-order valence-electron chi connectivity index (χ4n) is 2.32. The summed E-state index contributed by atoms with van der Waals surface area (Å²) < 4.78 is 25.6. The average molecular weight is 347 g/mol. The van der Waals surface area contributed by atoms with E-state index in [1.807, 2.05) is 19.1 Å². The van der Waals surface area contributed by atoms with E-state index in [9.17, 15) is 13.2 Å². The van der Waals surface area contributed by atoms with Gasteiger partial charge in [-0.15, -0.1) is 0 Å². The molecular weight excluding hydrogens is 326 g/mol. The van der Waals surface area contributed by atoms with Gasteiger partial charge in [-0.3, -0.25) is 4.79 Å². The molecule has 0 atom stereocenters. The van der Waals surface area contributed by atoms with Crippen molar-refractivity contribution in [1.82, 2.24) is 4.31 Å². The first-order chi connectivity index (χ1) is 11.2. The molecule has 128 valence electrons. The fraction of sp³-hybridized carbons (Fsp3) is 0.235. The van der Waals surface area contributed by atoms with Gasteiger partial charge in [0.25, 0.3) is 0 Å². The molecule has 6 nitrogen and oxygen atoms in total. The number of nitrogens with zero attached hydrogens (tertiary/aromatic N) is 1. The molecule has 24 heavy (non-hydrogen) atoms. The number of rotatable bonds is 6. The minimum Gasteiger partial charge on any atom is -0.381 e. The molecule has 0 aliphatic heterocycles. The molecule has 2 aromatic carbocycles. The van der Waals surface area contributed by atoms with Crippen LogP contribution in [0.15, 0.2) is 47.4 Å². The third kappa shape index (κ3) is 3.74. The van der Waals surface area contributed by atoms with Gasteiger partial charge in [-0.2, -0.15) is 0 Å². The number of hydrogen-bond donors (Lipinski definition) is 2. The predicted octanol–water partition coefficient (Wildman–Crippen LogP) is 1.96. The van der Waals surface area contributed by atoms with Gasteiger partial charge in [0.05, 0.1) is 4.90 Å². The van der Waals surface area contributed by atoms with Gasteiger partial charge >= 0.3 is 0 Å². The Balaban J connectivity index is 2.22. The summed E-state index contributed by atoms with van der Waals surface area (Å²) in [6.07, 6.45) is 0. The fourth-order valence-corrected chi connectivity index (χ4v) is 3.29. The molecule has 2 aromatic rings. The van der Waals surface area contributed by atoms with Crippen molar-refractivity contribution in [3.63, 3.8) is 0 Å². The summed E-state index contributed by atoms with van der Waals surface area (Å²) in [5.74, 6) is -0.477. The first-order valence-corrected chi connectivity index (χ1v) is 8.82. The van der Waals surface area contributed by atoms with Gasteiger partial charge in [-0.05, 0) is 42.3 Å². The molecule has 0 aliphatic rings. The number of sulfonamides is 1. The lowest BCUT2D eigenvalue weighted by Crippen LogP contribution is -2.22. The Morgan fingerprint density at radius 2 is 1.83 bits per heavy atom. The summed E-state index contributed by atoms with van der Waals surface area (Å²) in [6.45, 7) is 2.25. The number of nitrogens with two attached hydrogens (primary N) is 1. The topological polar surface area (TPSA) is 92.5 Å². The molecule has 2 rings (SSSR count). The Labute approximate surface area is 142 Å². The monoisotopic (exact) mass is 347 g/mol. The maximum atomic E-state index is 12.2. The molecule has 0 saturated heterocycles. The Morgan fingerprint density at radius 3 is 2.46 bits per heavy atom. The molecule has 0 fully saturated rings. The predicted molar refractivity (Wildman–Crippen MR) is 94.3 cm³/mol. The van der Waals surface area contributed by atoms with Crippen LogP contribution in [0.2, 0.25) is 0 Å². The molecule has 7 heteroatoms. The highest BCUT2D eigenvalue weighted by atomic mass is 32.2. The van der Waals surface area contributed by atoms with E-state index in [1.165, 1.54) is 18.4 Å². The van der Waals surface area contributed by atoms with Gasteiger partial charge in [0.15, 0.2) is 0 Å². The normalized spacial score (nSPS) is 11.5. The van der Waals surface area contributed by atoms with E-state index in [-0.39, 0.29) is 4.90 Å². The van der Waals surface area contributed by atoms with Crippen LogP contribution in [0.3, 0.4) is 0 Å². The lowest BCUT2D eigenvalue weighted by Gasteiger charge is -2.14. The van der Waals surface area contributed by atoms with E-state index in [0.29, 0.717) is 12.1 Å². The Hall–Kier alpha value is -2.38. The van der Waals surface area contributed by atoms with Crippen molar-refractivity contribution >= 4 is 21.6 Å². The molecule has 0 aliphatic carbocycles. The SMILES string of the molecule is Cc1c(NCc2cccc(S(=O)(=O)N(C)C)c2)cccc1C(N)=O. The van der Waals surface area contributed by atoms with Crippen LogP contribution in [0.25, 0.3) is 0 Å². The molecule has 0 unspecified atom stereocenters. The second kappa shape index (κ2) is 7.02. The number of amides is 1. The number of carbonyl (C=O) groups is 1. The average Bonchev–Trinajstić information content (AvgIpc) is 2.53. The highest BCUT2D eigenvalue weighted by Gasteiger charge is 2.17. The van der Waals surface area contributed by atoms with Crippen molar-refractivity contribution in [2.24, 2.45) is 5.73 Å². The zero-order chi connectivity index (χ0) is 17.9. The Kier molecular flexibility index (Phi) is 5.26. The zero-order valence-corrected chi connectivity index (χ0v) is 14.7. The van der Waals surface area contributed by atoms with Crippen molar-refractivity contribution in [2.45, 2.75) is 18.4 Å². The number of nitrogens with one attached hydrogen (secondary N) is 1. The van der Waals surface area contributed by atoms with Gasteiger partial charge in [-0.1, -0.05) is 18.2 Å². The van der Waals surface area contributed by atoms with Crippen LogP contribution in [0, 0.1) is 6.92 Å². The van der Waals surface area contributed by atoms with Crippen molar-refractivity contribution < 1.29 is 13.2 Å². The van der Waals surface area contributed by atoms with Gasteiger partial charge in [0.2, 0.25) is 15.9 Å². The number of hydrogen-bond acceptors (Lipinski definition) is 4. The quantitative estimate of drug-likeness (QED) is 0.835. The van der Waals surface area contributed by atoms with E-state index in [0.717, 1.165) is 16.8 Å². The molecule has 0 aromatic heterocycles. The summed E-state index contributed by atoms with van der Waals surface area (Å²) >= 11 is 0. The molecule has 1 amide bonds. The smallest absolute Gasteiger partial charge is 0.249 e. The van der Waals surface area contributed by atoms with Crippen molar-refractivity contribution in [1.29, 1.82) is 0 Å².